The van der Waals surface area contributed by atoms with Crippen LogP contribution in [0.15, 0.2) is 59.6 Å². The Hall–Kier alpha value is -2.44. The van der Waals surface area contributed by atoms with Gasteiger partial charge in [-0.05, 0) is 40.6 Å². The van der Waals surface area contributed by atoms with Crippen LogP contribution in [0.1, 0.15) is 22.0 Å². The topological polar surface area (TPSA) is 67.2 Å². The number of thiophene rings is 1. The summed E-state index contributed by atoms with van der Waals surface area (Å²) in [6.45, 7) is 0.170. The predicted octanol–water partition coefficient (Wildman–Crippen LogP) is 2.40. The van der Waals surface area contributed by atoms with Gasteiger partial charge in [0.05, 0.1) is 17.4 Å². The number of aromatic nitrogens is 2. The maximum atomic E-state index is 12.4. The number of carbonyl (C=O) groups is 1. The van der Waals surface area contributed by atoms with Gasteiger partial charge in [-0.3, -0.25) is 4.79 Å². The Morgan fingerprint density at radius 3 is 2.91 bits per heavy atom. The number of nitrogens with one attached hydrogen (secondary N) is 1. The summed E-state index contributed by atoms with van der Waals surface area (Å²) in [7, 11) is 0. The average Bonchev–Trinajstić information content (AvgIpc) is 3.24. The molecule has 112 valence electrons. The van der Waals surface area contributed by atoms with Gasteiger partial charge in [0.2, 0.25) is 0 Å². The largest absolute Gasteiger partial charge is 0.387 e. The summed E-state index contributed by atoms with van der Waals surface area (Å²) < 4.78 is 1.64. The molecule has 1 atom stereocenters. The Morgan fingerprint density at radius 1 is 1.32 bits per heavy atom. The van der Waals surface area contributed by atoms with Crippen molar-refractivity contribution in [3.05, 3.63) is 70.7 Å². The van der Waals surface area contributed by atoms with Crippen LogP contribution in [0.3, 0.4) is 0 Å². The first kappa shape index (κ1) is 14.5. The van der Waals surface area contributed by atoms with Crippen LogP contribution >= 0.6 is 11.3 Å². The summed E-state index contributed by atoms with van der Waals surface area (Å²) in [5.74, 6) is -0.236. The van der Waals surface area contributed by atoms with Crippen LogP contribution in [0, 0.1) is 0 Å². The van der Waals surface area contributed by atoms with Gasteiger partial charge in [0.1, 0.15) is 0 Å². The van der Waals surface area contributed by atoms with E-state index in [-0.39, 0.29) is 12.5 Å². The van der Waals surface area contributed by atoms with Gasteiger partial charge in [0.25, 0.3) is 5.91 Å². The monoisotopic (exact) mass is 313 g/mol. The molecule has 2 N–H and O–H groups in total. The van der Waals surface area contributed by atoms with E-state index >= 15 is 0 Å². The molecule has 0 saturated heterocycles. The molecule has 0 radical (unpaired) electrons. The molecular weight excluding hydrogens is 298 g/mol. The van der Waals surface area contributed by atoms with Crippen molar-refractivity contribution in [3.63, 3.8) is 0 Å². The first-order chi connectivity index (χ1) is 10.8. The number of aliphatic hydroxyl groups is 1. The van der Waals surface area contributed by atoms with Gasteiger partial charge in [-0.25, -0.2) is 4.68 Å². The van der Waals surface area contributed by atoms with E-state index < -0.39 is 6.10 Å². The first-order valence-electron chi connectivity index (χ1n) is 6.83. The third-order valence-electron chi connectivity index (χ3n) is 3.28. The van der Waals surface area contributed by atoms with Crippen LogP contribution in [0.25, 0.3) is 5.69 Å². The van der Waals surface area contributed by atoms with E-state index in [4.69, 9.17) is 0 Å². The lowest BCUT2D eigenvalue weighted by Gasteiger charge is -2.13. The van der Waals surface area contributed by atoms with Crippen LogP contribution in [-0.4, -0.2) is 27.3 Å². The Labute approximate surface area is 131 Å². The predicted molar refractivity (Wildman–Crippen MR) is 85.2 cm³/mol. The van der Waals surface area contributed by atoms with Crippen molar-refractivity contribution in [1.29, 1.82) is 0 Å². The molecule has 0 aliphatic heterocycles. The van der Waals surface area contributed by atoms with Crippen molar-refractivity contribution in [2.45, 2.75) is 6.10 Å². The van der Waals surface area contributed by atoms with Crippen molar-refractivity contribution in [3.8, 4) is 5.69 Å². The molecule has 5 nitrogen and oxygen atoms in total. The number of benzene rings is 1. The average molecular weight is 313 g/mol. The van der Waals surface area contributed by atoms with E-state index in [0.717, 1.165) is 5.56 Å². The third kappa shape index (κ3) is 3.08. The van der Waals surface area contributed by atoms with Gasteiger partial charge in [0, 0.05) is 18.9 Å². The molecule has 0 saturated carbocycles. The molecule has 0 aliphatic carbocycles. The van der Waals surface area contributed by atoms with Crippen molar-refractivity contribution in [2.75, 3.05) is 6.54 Å². The summed E-state index contributed by atoms with van der Waals surface area (Å²) in [5.41, 5.74) is 2.03. The van der Waals surface area contributed by atoms with Crippen molar-refractivity contribution in [2.24, 2.45) is 0 Å². The molecule has 3 rings (SSSR count). The van der Waals surface area contributed by atoms with Crippen LogP contribution in [0.2, 0.25) is 0 Å². The van der Waals surface area contributed by atoms with Crippen molar-refractivity contribution < 1.29 is 9.90 Å². The fraction of sp³-hybridized carbons (Fsp3) is 0.125. The lowest BCUT2D eigenvalue weighted by molar-refractivity contribution is 0.0916. The molecule has 3 aromatic rings. The molecular formula is C16H15N3O2S. The number of nitrogens with zero attached hydrogens (tertiary/aromatic N) is 2. The Morgan fingerprint density at radius 2 is 2.18 bits per heavy atom. The molecule has 6 heteroatoms. The summed E-state index contributed by atoms with van der Waals surface area (Å²) in [6.07, 6.45) is 2.74. The van der Waals surface area contributed by atoms with E-state index in [1.807, 2.05) is 29.0 Å². The fourth-order valence-electron chi connectivity index (χ4n) is 2.14. The molecule has 1 aromatic carbocycles. The zero-order valence-electron chi connectivity index (χ0n) is 11.7. The minimum absolute atomic E-state index is 0.170. The lowest BCUT2D eigenvalue weighted by Crippen LogP contribution is -2.29. The molecule has 2 heterocycles. The maximum Gasteiger partial charge on any atom is 0.253 e. The van der Waals surface area contributed by atoms with Crippen molar-refractivity contribution >= 4 is 17.2 Å². The van der Waals surface area contributed by atoms with E-state index in [1.165, 1.54) is 11.3 Å². The molecule has 0 fully saturated rings. The quantitative estimate of drug-likeness (QED) is 0.760. The van der Waals surface area contributed by atoms with Gasteiger partial charge >= 0.3 is 0 Å². The van der Waals surface area contributed by atoms with Gasteiger partial charge in [0.15, 0.2) is 0 Å². The second-order valence-electron chi connectivity index (χ2n) is 4.75. The van der Waals surface area contributed by atoms with Crippen molar-refractivity contribution in [1.82, 2.24) is 15.1 Å². The number of aliphatic hydroxyl groups excluding tert-OH is 1. The summed E-state index contributed by atoms with van der Waals surface area (Å²) in [4.78, 5) is 12.4. The number of para-hydroxylation sites is 1. The highest BCUT2D eigenvalue weighted by molar-refractivity contribution is 7.07. The minimum atomic E-state index is -0.702. The molecule has 0 spiro atoms. The Bertz CT molecular complexity index is 739. The SMILES string of the molecule is O=C(NCC(O)c1ccsc1)c1ccccc1-n1cccn1. The van der Waals surface area contributed by atoms with Gasteiger partial charge in [-0.15, -0.1) is 0 Å². The molecule has 1 unspecified atom stereocenters. The fourth-order valence-corrected chi connectivity index (χ4v) is 2.85. The van der Waals surface area contributed by atoms with E-state index in [2.05, 4.69) is 10.4 Å². The highest BCUT2D eigenvalue weighted by Gasteiger charge is 2.14. The highest BCUT2D eigenvalue weighted by atomic mass is 32.1. The second kappa shape index (κ2) is 6.55. The molecule has 1 amide bonds. The lowest BCUT2D eigenvalue weighted by atomic mass is 10.1. The number of hydrogen-bond donors (Lipinski definition) is 2. The summed E-state index contributed by atoms with van der Waals surface area (Å²) in [5, 5.41) is 20.7. The smallest absolute Gasteiger partial charge is 0.253 e. The normalized spacial score (nSPS) is 12.0. The number of carbonyl (C=O) groups excluding carboxylic acids is 1. The Balaban J connectivity index is 1.73. The third-order valence-corrected chi connectivity index (χ3v) is 3.99. The molecule has 2 aromatic heterocycles. The van der Waals surface area contributed by atoms with Crippen LogP contribution < -0.4 is 5.32 Å². The van der Waals surface area contributed by atoms with E-state index in [0.29, 0.717) is 11.3 Å². The second-order valence-corrected chi connectivity index (χ2v) is 5.53. The number of amides is 1. The van der Waals surface area contributed by atoms with Gasteiger partial charge in [-0.1, -0.05) is 12.1 Å². The zero-order valence-corrected chi connectivity index (χ0v) is 12.5. The van der Waals surface area contributed by atoms with Gasteiger partial charge < -0.3 is 10.4 Å². The van der Waals surface area contributed by atoms with Crippen LogP contribution in [-0.2, 0) is 0 Å². The Kier molecular flexibility index (Phi) is 4.32. The summed E-state index contributed by atoms with van der Waals surface area (Å²) >= 11 is 1.51. The zero-order chi connectivity index (χ0) is 15.4. The molecule has 0 aliphatic rings. The van der Waals surface area contributed by atoms with Gasteiger partial charge in [-0.2, -0.15) is 16.4 Å². The maximum absolute atomic E-state index is 12.4. The standard InChI is InChI=1S/C16H15N3O2S/c20-15(12-6-9-22-11-12)10-17-16(21)13-4-1-2-5-14(13)19-8-3-7-18-19/h1-9,11,15,20H,10H2,(H,17,21). The highest BCUT2D eigenvalue weighted by Crippen LogP contribution is 2.16. The van der Waals surface area contributed by atoms with E-state index in [9.17, 15) is 9.90 Å². The summed E-state index contributed by atoms with van der Waals surface area (Å²) in [6, 6.07) is 10.9. The van der Waals surface area contributed by atoms with Crippen LogP contribution in [0.4, 0.5) is 0 Å². The van der Waals surface area contributed by atoms with Crippen LogP contribution in [0.5, 0.6) is 0 Å². The first-order valence-corrected chi connectivity index (χ1v) is 7.77. The van der Waals surface area contributed by atoms with E-state index in [1.54, 1.807) is 35.3 Å². The molecule has 22 heavy (non-hydrogen) atoms. The number of hydrogen-bond acceptors (Lipinski definition) is 4. The number of rotatable bonds is 5. The minimum Gasteiger partial charge on any atom is -0.387 e. The molecule has 0 bridgehead atoms.